The van der Waals surface area contributed by atoms with Crippen LogP contribution in [0.25, 0.3) is 0 Å². The normalized spacial score (nSPS) is 21.0. The molecule has 0 bridgehead atoms. The van der Waals surface area contributed by atoms with Crippen LogP contribution in [0.3, 0.4) is 0 Å². The van der Waals surface area contributed by atoms with Crippen molar-refractivity contribution in [1.82, 2.24) is 20.9 Å². The second kappa shape index (κ2) is 14.0. The van der Waals surface area contributed by atoms with E-state index >= 15 is 0 Å². The molecule has 1 saturated heterocycles. The molecule has 188 valence electrons. The molecule has 1 unspecified atom stereocenters. The van der Waals surface area contributed by atoms with E-state index in [0.717, 1.165) is 44.8 Å². The van der Waals surface area contributed by atoms with E-state index in [1.807, 2.05) is 45.9 Å². The van der Waals surface area contributed by atoms with Crippen molar-refractivity contribution in [2.24, 2.45) is 0 Å². The Labute approximate surface area is 209 Å². The molecule has 1 heterocycles. The molecule has 3 N–H and O–H groups in total. The number of nitrogens with one attached hydrogen (secondary N) is 3. The zero-order valence-electron chi connectivity index (χ0n) is 21.3. The third-order valence-corrected chi connectivity index (χ3v) is 9.89. The van der Waals surface area contributed by atoms with Gasteiger partial charge in [-0.3, -0.25) is 4.79 Å². The van der Waals surface area contributed by atoms with Crippen LogP contribution in [0.2, 0.25) is 0 Å². The van der Waals surface area contributed by atoms with Crippen molar-refractivity contribution in [3.8, 4) is 0 Å². The highest BCUT2D eigenvalue weighted by Gasteiger charge is 2.28. The van der Waals surface area contributed by atoms with Gasteiger partial charge in [0.2, 0.25) is 0 Å². The molecule has 6 nitrogen and oxygen atoms in total. The van der Waals surface area contributed by atoms with Gasteiger partial charge in [0.05, 0.1) is 13.2 Å². The number of amides is 1. The summed E-state index contributed by atoms with van der Waals surface area (Å²) in [5, 5.41) is 10.3. The Balaban J connectivity index is 1.78. The molecule has 1 fully saturated rings. The number of benzene rings is 1. The highest BCUT2D eigenvalue weighted by molar-refractivity contribution is 8.77. The van der Waals surface area contributed by atoms with Crippen LogP contribution in [-0.4, -0.2) is 78.8 Å². The molecule has 1 aromatic carbocycles. The van der Waals surface area contributed by atoms with E-state index in [0.29, 0.717) is 25.3 Å². The van der Waals surface area contributed by atoms with Gasteiger partial charge in [-0.2, -0.15) is 0 Å². The number of hydrogen-bond acceptors (Lipinski definition) is 7. The van der Waals surface area contributed by atoms with Crippen LogP contribution >= 0.6 is 21.6 Å². The van der Waals surface area contributed by atoms with E-state index < -0.39 is 0 Å². The van der Waals surface area contributed by atoms with Crippen molar-refractivity contribution >= 4 is 27.5 Å². The molecule has 0 aliphatic carbocycles. The van der Waals surface area contributed by atoms with E-state index in [9.17, 15) is 4.79 Å². The van der Waals surface area contributed by atoms with Crippen LogP contribution in [-0.2, 0) is 11.3 Å². The summed E-state index contributed by atoms with van der Waals surface area (Å²) in [5.41, 5.74) is 1.77. The average molecular weight is 497 g/mol. The summed E-state index contributed by atoms with van der Waals surface area (Å²) >= 11 is 0. The minimum atomic E-state index is -0.0204. The summed E-state index contributed by atoms with van der Waals surface area (Å²) in [4.78, 5) is 14.7. The van der Waals surface area contributed by atoms with Crippen molar-refractivity contribution in [3.05, 3.63) is 35.4 Å². The fourth-order valence-corrected chi connectivity index (χ4v) is 5.91. The molecule has 1 atom stereocenters. The monoisotopic (exact) mass is 496 g/mol. The standard InChI is InChI=1S/C25H44N4O2S2/c1-7-29(8-2)14-13-27-23(30)21-11-9-20(10-12-21)16-31-17-22-15-26-18-24(3,4)32-33-25(5,6)19-28-22/h9-12,22,26,28H,7-8,13-19H2,1-6H3,(H,27,30). The first-order valence-electron chi connectivity index (χ1n) is 12.1. The van der Waals surface area contributed by atoms with Crippen LogP contribution in [0.1, 0.15) is 57.5 Å². The minimum Gasteiger partial charge on any atom is -0.375 e. The molecule has 0 saturated carbocycles. The van der Waals surface area contributed by atoms with E-state index in [1.54, 1.807) is 0 Å². The van der Waals surface area contributed by atoms with Crippen LogP contribution in [0.15, 0.2) is 24.3 Å². The van der Waals surface area contributed by atoms with E-state index in [2.05, 4.69) is 62.4 Å². The fraction of sp³-hybridized carbons (Fsp3) is 0.720. The minimum absolute atomic E-state index is 0.0204. The Morgan fingerprint density at radius 2 is 1.73 bits per heavy atom. The molecular formula is C25H44N4O2S2. The second-order valence-corrected chi connectivity index (χ2v) is 13.4. The maximum Gasteiger partial charge on any atom is 0.251 e. The maximum absolute atomic E-state index is 12.4. The van der Waals surface area contributed by atoms with Crippen molar-refractivity contribution in [2.45, 2.75) is 63.7 Å². The summed E-state index contributed by atoms with van der Waals surface area (Å²) in [6, 6.07) is 8.00. The van der Waals surface area contributed by atoms with Gasteiger partial charge in [0.25, 0.3) is 5.91 Å². The number of ether oxygens (including phenoxy) is 1. The number of carbonyl (C=O) groups is 1. The second-order valence-electron chi connectivity index (χ2n) is 9.89. The highest BCUT2D eigenvalue weighted by atomic mass is 33.1. The van der Waals surface area contributed by atoms with Gasteiger partial charge in [-0.1, -0.05) is 47.6 Å². The van der Waals surface area contributed by atoms with Crippen LogP contribution < -0.4 is 16.0 Å². The van der Waals surface area contributed by atoms with E-state index in [1.165, 1.54) is 0 Å². The van der Waals surface area contributed by atoms with E-state index in [-0.39, 0.29) is 21.4 Å². The lowest BCUT2D eigenvalue weighted by Crippen LogP contribution is -2.49. The molecule has 1 aliphatic rings. The smallest absolute Gasteiger partial charge is 0.251 e. The number of likely N-dealkylation sites (N-methyl/N-ethyl adjacent to an activating group) is 1. The summed E-state index contributed by atoms with van der Waals surface area (Å²) in [5.74, 6) is -0.0204. The molecular weight excluding hydrogens is 452 g/mol. The zero-order chi connectivity index (χ0) is 24.3. The Hall–Kier alpha value is -0.770. The van der Waals surface area contributed by atoms with Crippen molar-refractivity contribution < 1.29 is 9.53 Å². The fourth-order valence-electron chi connectivity index (χ4n) is 3.45. The molecule has 2 rings (SSSR count). The molecule has 0 aromatic heterocycles. The van der Waals surface area contributed by atoms with Gasteiger partial charge in [-0.25, -0.2) is 0 Å². The van der Waals surface area contributed by atoms with Gasteiger partial charge in [-0.05, 0) is 58.5 Å². The predicted molar refractivity (Wildman–Crippen MR) is 144 cm³/mol. The molecule has 1 aromatic rings. The van der Waals surface area contributed by atoms with Crippen LogP contribution in [0.5, 0.6) is 0 Å². The SMILES string of the molecule is CCN(CC)CCNC(=O)c1ccc(COCC2CNCC(C)(C)SSC(C)(C)CN2)cc1. The van der Waals surface area contributed by atoms with Crippen LogP contribution in [0, 0.1) is 0 Å². The van der Waals surface area contributed by atoms with Crippen LogP contribution in [0.4, 0.5) is 0 Å². The molecule has 8 heteroatoms. The van der Waals surface area contributed by atoms with Gasteiger partial charge in [0.15, 0.2) is 0 Å². The third-order valence-electron chi connectivity index (χ3n) is 5.66. The number of nitrogens with zero attached hydrogens (tertiary/aromatic N) is 1. The van der Waals surface area contributed by atoms with Crippen molar-refractivity contribution in [1.29, 1.82) is 0 Å². The number of carbonyl (C=O) groups excluding carboxylic acids is 1. The van der Waals surface area contributed by atoms with Gasteiger partial charge >= 0.3 is 0 Å². The van der Waals surface area contributed by atoms with Gasteiger partial charge in [0.1, 0.15) is 0 Å². The topological polar surface area (TPSA) is 65.6 Å². The molecule has 1 amide bonds. The Morgan fingerprint density at radius 1 is 1.09 bits per heavy atom. The Bertz CT molecular complexity index is 709. The first-order chi connectivity index (χ1) is 15.6. The lowest BCUT2D eigenvalue weighted by molar-refractivity contribution is 0.0946. The molecule has 0 spiro atoms. The molecule has 0 radical (unpaired) electrons. The van der Waals surface area contributed by atoms with E-state index in [4.69, 9.17) is 4.74 Å². The van der Waals surface area contributed by atoms with Crippen molar-refractivity contribution in [3.63, 3.8) is 0 Å². The van der Waals surface area contributed by atoms with Gasteiger partial charge in [0, 0.05) is 53.8 Å². The lowest BCUT2D eigenvalue weighted by Gasteiger charge is -2.34. The number of rotatable bonds is 10. The highest BCUT2D eigenvalue weighted by Crippen LogP contribution is 2.43. The summed E-state index contributed by atoms with van der Waals surface area (Å²) < 4.78 is 6.41. The summed E-state index contributed by atoms with van der Waals surface area (Å²) in [6.45, 7) is 21.0. The first kappa shape index (κ1) is 28.5. The Kier molecular flexibility index (Phi) is 12.0. The lowest BCUT2D eigenvalue weighted by atomic mass is 10.1. The molecule has 1 aliphatic heterocycles. The van der Waals surface area contributed by atoms with Gasteiger partial charge < -0.3 is 25.6 Å². The molecule has 33 heavy (non-hydrogen) atoms. The quantitative estimate of drug-likeness (QED) is 0.426. The number of hydrogen-bond donors (Lipinski definition) is 3. The summed E-state index contributed by atoms with van der Waals surface area (Å²) in [7, 11) is 3.92. The maximum atomic E-state index is 12.4. The summed E-state index contributed by atoms with van der Waals surface area (Å²) in [6.07, 6.45) is 0. The predicted octanol–water partition coefficient (Wildman–Crippen LogP) is 3.77. The largest absolute Gasteiger partial charge is 0.375 e. The first-order valence-corrected chi connectivity index (χ1v) is 14.3. The Morgan fingerprint density at radius 3 is 2.36 bits per heavy atom. The van der Waals surface area contributed by atoms with Crippen molar-refractivity contribution in [2.75, 3.05) is 52.4 Å². The average Bonchev–Trinajstić information content (AvgIpc) is 2.79. The third kappa shape index (κ3) is 11.0. The van der Waals surface area contributed by atoms with Gasteiger partial charge in [-0.15, -0.1) is 0 Å². The zero-order valence-corrected chi connectivity index (χ0v) is 23.0.